The lowest BCUT2D eigenvalue weighted by Crippen LogP contribution is -2.42. The number of hydrogen-bond donors (Lipinski definition) is 0. The predicted molar refractivity (Wildman–Crippen MR) is 144 cm³/mol. The normalized spacial score (nSPS) is 19.9. The summed E-state index contributed by atoms with van der Waals surface area (Å²) in [4.78, 5) is 46.6. The second-order valence-corrected chi connectivity index (χ2v) is 10.9. The summed E-state index contributed by atoms with van der Waals surface area (Å²) < 4.78 is 50.4. The number of rotatable bonds is 7. The molecule has 216 valence electrons. The maximum atomic E-state index is 13.3. The minimum atomic E-state index is -4.51. The fourth-order valence-corrected chi connectivity index (χ4v) is 5.93. The van der Waals surface area contributed by atoms with Gasteiger partial charge in [-0.1, -0.05) is 23.9 Å². The first-order chi connectivity index (χ1) is 18.9. The van der Waals surface area contributed by atoms with Gasteiger partial charge in [0.05, 0.1) is 47.9 Å². The highest BCUT2D eigenvalue weighted by atomic mass is 32.2. The van der Waals surface area contributed by atoms with Crippen molar-refractivity contribution in [3.8, 4) is 0 Å². The molecule has 0 N–H and O–H groups in total. The molecule has 1 aromatic rings. The van der Waals surface area contributed by atoms with E-state index in [0.717, 1.165) is 12.1 Å². The van der Waals surface area contributed by atoms with Crippen LogP contribution >= 0.6 is 11.8 Å². The van der Waals surface area contributed by atoms with E-state index >= 15 is 0 Å². The van der Waals surface area contributed by atoms with Crippen LogP contribution in [-0.4, -0.2) is 58.6 Å². The number of allylic oxidation sites excluding steroid dienone is 1. The molecular weight excluding hydrogens is 547 g/mol. The van der Waals surface area contributed by atoms with Gasteiger partial charge in [0.2, 0.25) is 5.91 Å². The average molecular weight is 580 g/mol. The predicted octanol–water partition coefficient (Wildman–Crippen LogP) is 5.42. The highest BCUT2D eigenvalue weighted by Crippen LogP contribution is 2.45. The Kier molecular flexibility index (Phi) is 8.96. The zero-order valence-electron chi connectivity index (χ0n) is 22.8. The van der Waals surface area contributed by atoms with E-state index in [2.05, 4.69) is 4.99 Å². The molecule has 1 fully saturated rings. The molecule has 4 rings (SSSR count). The SMILES string of the molecule is CCOC(=O)C1CCN(C(=O)CC2=CSC3=NC(C)=C(C(=O)OC(C)C)[C@H](c4ccc(C(F)(F)F)cc4)N23)CC1. The van der Waals surface area contributed by atoms with Crippen LogP contribution < -0.4 is 0 Å². The summed E-state index contributed by atoms with van der Waals surface area (Å²) in [5.74, 6) is -1.26. The summed E-state index contributed by atoms with van der Waals surface area (Å²) in [5, 5.41) is 2.30. The largest absolute Gasteiger partial charge is 0.466 e. The Morgan fingerprint density at radius 2 is 1.77 bits per heavy atom. The number of halogens is 3. The molecule has 8 nitrogen and oxygen atoms in total. The smallest absolute Gasteiger partial charge is 0.416 e. The van der Waals surface area contributed by atoms with E-state index in [0.29, 0.717) is 54.7 Å². The lowest BCUT2D eigenvalue weighted by molar-refractivity contribution is -0.151. The number of alkyl halides is 3. The van der Waals surface area contributed by atoms with Crippen LogP contribution in [0.5, 0.6) is 0 Å². The topological polar surface area (TPSA) is 88.5 Å². The number of amidine groups is 1. The molecule has 40 heavy (non-hydrogen) atoms. The van der Waals surface area contributed by atoms with Gasteiger partial charge >= 0.3 is 18.1 Å². The minimum Gasteiger partial charge on any atom is -0.466 e. The molecular formula is C28H32F3N3O5S. The summed E-state index contributed by atoms with van der Waals surface area (Å²) >= 11 is 1.29. The number of carbonyl (C=O) groups is 3. The van der Waals surface area contributed by atoms with Crippen LogP contribution in [0.25, 0.3) is 0 Å². The Hall–Kier alpha value is -3.28. The summed E-state index contributed by atoms with van der Waals surface area (Å²) in [7, 11) is 0. The number of likely N-dealkylation sites (tertiary alicyclic amines) is 1. The maximum Gasteiger partial charge on any atom is 0.416 e. The maximum absolute atomic E-state index is 13.3. The van der Waals surface area contributed by atoms with Crippen molar-refractivity contribution in [1.82, 2.24) is 9.80 Å². The Morgan fingerprint density at radius 1 is 1.12 bits per heavy atom. The van der Waals surface area contributed by atoms with Crippen molar-refractivity contribution in [2.75, 3.05) is 19.7 Å². The number of esters is 2. The van der Waals surface area contributed by atoms with Crippen molar-refractivity contribution in [2.45, 2.75) is 65.3 Å². The van der Waals surface area contributed by atoms with Crippen LogP contribution in [0.4, 0.5) is 13.2 Å². The molecule has 3 heterocycles. The van der Waals surface area contributed by atoms with E-state index in [1.54, 1.807) is 42.9 Å². The molecule has 0 aromatic heterocycles. The fraction of sp³-hybridized carbons (Fsp3) is 0.500. The number of ether oxygens (including phenoxy) is 2. The Labute approximate surface area is 235 Å². The van der Waals surface area contributed by atoms with Crippen molar-refractivity contribution in [2.24, 2.45) is 10.9 Å². The summed E-state index contributed by atoms with van der Waals surface area (Å²) in [6.45, 7) is 7.97. The molecule has 0 spiro atoms. The molecule has 3 aliphatic heterocycles. The van der Waals surface area contributed by atoms with Crippen LogP contribution in [0.3, 0.4) is 0 Å². The zero-order chi connectivity index (χ0) is 29.2. The molecule has 1 aromatic carbocycles. The summed E-state index contributed by atoms with van der Waals surface area (Å²) in [6, 6.07) is 3.81. The monoisotopic (exact) mass is 579 g/mol. The van der Waals surface area contributed by atoms with E-state index in [1.807, 2.05) is 0 Å². The summed E-state index contributed by atoms with van der Waals surface area (Å²) in [5.41, 5.74) is 0.811. The van der Waals surface area contributed by atoms with Gasteiger partial charge in [-0.2, -0.15) is 13.2 Å². The molecule has 12 heteroatoms. The number of fused-ring (bicyclic) bond motifs is 1. The number of hydrogen-bond acceptors (Lipinski definition) is 8. The van der Waals surface area contributed by atoms with Gasteiger partial charge in [0.25, 0.3) is 0 Å². The molecule has 0 unspecified atom stereocenters. The average Bonchev–Trinajstić information content (AvgIpc) is 3.28. The number of thioether (sulfide) groups is 1. The zero-order valence-corrected chi connectivity index (χ0v) is 23.6. The number of piperidine rings is 1. The first-order valence-electron chi connectivity index (χ1n) is 13.2. The van der Waals surface area contributed by atoms with Gasteiger partial charge in [0.1, 0.15) is 0 Å². The third-order valence-corrected chi connectivity index (χ3v) is 7.81. The van der Waals surface area contributed by atoms with Crippen molar-refractivity contribution in [3.63, 3.8) is 0 Å². The van der Waals surface area contributed by atoms with E-state index in [1.165, 1.54) is 23.9 Å². The third-order valence-electron chi connectivity index (χ3n) is 6.92. The van der Waals surface area contributed by atoms with Crippen LogP contribution in [0.1, 0.15) is 64.1 Å². The fourth-order valence-electron chi connectivity index (χ4n) is 4.97. The number of nitrogens with zero attached hydrogens (tertiary/aromatic N) is 3. The van der Waals surface area contributed by atoms with Gasteiger partial charge in [0.15, 0.2) is 5.17 Å². The molecule has 0 aliphatic carbocycles. The van der Waals surface area contributed by atoms with Crippen molar-refractivity contribution >= 4 is 34.8 Å². The van der Waals surface area contributed by atoms with Gasteiger partial charge in [0, 0.05) is 18.8 Å². The Bertz CT molecular complexity index is 1250. The van der Waals surface area contributed by atoms with Crippen LogP contribution in [-0.2, 0) is 30.0 Å². The van der Waals surface area contributed by atoms with Gasteiger partial charge < -0.3 is 19.3 Å². The number of benzene rings is 1. The highest BCUT2D eigenvalue weighted by Gasteiger charge is 2.42. The number of amides is 1. The lowest BCUT2D eigenvalue weighted by atomic mass is 9.93. The van der Waals surface area contributed by atoms with Crippen molar-refractivity contribution < 1.29 is 37.0 Å². The second-order valence-electron chi connectivity index (χ2n) is 10.1. The highest BCUT2D eigenvalue weighted by molar-refractivity contribution is 8.16. The molecule has 0 saturated carbocycles. The van der Waals surface area contributed by atoms with Crippen LogP contribution in [0, 0.1) is 5.92 Å². The van der Waals surface area contributed by atoms with Gasteiger partial charge in [-0.15, -0.1) is 0 Å². The first-order valence-corrected chi connectivity index (χ1v) is 14.1. The van der Waals surface area contributed by atoms with Crippen LogP contribution in [0.15, 0.2) is 51.6 Å². The standard InChI is InChI=1S/C28H32F3N3O5S/c1-5-38-25(36)19-10-12-33(13-11-19)22(35)14-21-15-40-27-32-17(4)23(26(37)39-16(2)3)24(34(21)27)18-6-8-20(9-7-18)28(29,30)31/h6-9,15-16,19,24H,5,10-14H2,1-4H3/t24-/m0/s1. The van der Waals surface area contributed by atoms with Crippen molar-refractivity contribution in [1.29, 1.82) is 0 Å². The number of aliphatic imine (C=N–C) groups is 1. The number of carbonyl (C=O) groups excluding carboxylic acids is 3. The Balaban J connectivity index is 1.60. The molecule has 3 aliphatic rings. The van der Waals surface area contributed by atoms with E-state index < -0.39 is 29.9 Å². The third kappa shape index (κ3) is 6.37. The van der Waals surface area contributed by atoms with Crippen LogP contribution in [0.2, 0.25) is 0 Å². The summed E-state index contributed by atoms with van der Waals surface area (Å²) in [6.07, 6.45) is -3.91. The quantitative estimate of drug-likeness (QED) is 0.399. The molecule has 1 amide bonds. The second kappa shape index (κ2) is 12.1. The van der Waals surface area contributed by atoms with E-state index in [9.17, 15) is 27.6 Å². The Morgan fingerprint density at radius 3 is 2.35 bits per heavy atom. The van der Waals surface area contributed by atoms with Gasteiger partial charge in [-0.25, -0.2) is 9.79 Å². The van der Waals surface area contributed by atoms with Gasteiger partial charge in [-0.3, -0.25) is 9.59 Å². The lowest BCUT2D eigenvalue weighted by Gasteiger charge is -2.37. The minimum absolute atomic E-state index is 0.00121. The molecule has 0 radical (unpaired) electrons. The van der Waals surface area contributed by atoms with Crippen molar-refractivity contribution in [3.05, 3.63) is 57.8 Å². The van der Waals surface area contributed by atoms with E-state index in [-0.39, 0.29) is 29.8 Å². The molecule has 1 saturated heterocycles. The van der Waals surface area contributed by atoms with Gasteiger partial charge in [-0.05, 0) is 63.6 Å². The first kappa shape index (κ1) is 29.7. The van der Waals surface area contributed by atoms with E-state index in [4.69, 9.17) is 9.47 Å². The molecule has 1 atom stereocenters. The molecule has 0 bridgehead atoms.